The van der Waals surface area contributed by atoms with Gasteiger partial charge in [0.1, 0.15) is 6.07 Å². The largest absolute Gasteiger partial charge is 0.380 e. The van der Waals surface area contributed by atoms with E-state index in [2.05, 4.69) is 23.4 Å². The molecule has 0 amide bonds. The highest BCUT2D eigenvalue weighted by Gasteiger charge is 2.08. The molecule has 0 bridgehead atoms. The number of aryl methyl sites for hydroxylation is 3. The van der Waals surface area contributed by atoms with Crippen LogP contribution < -0.4 is 5.32 Å². The number of nitriles is 1. The van der Waals surface area contributed by atoms with Gasteiger partial charge in [-0.15, -0.1) is 0 Å². The number of benzene rings is 1. The molecule has 0 radical (unpaired) electrons. The minimum Gasteiger partial charge on any atom is -0.380 e. The fourth-order valence-corrected chi connectivity index (χ4v) is 2.21. The molecule has 2 rings (SSSR count). The van der Waals surface area contributed by atoms with Crippen LogP contribution in [0.1, 0.15) is 29.3 Å². The van der Waals surface area contributed by atoms with Crippen molar-refractivity contribution >= 4 is 5.69 Å². The van der Waals surface area contributed by atoms with Crippen molar-refractivity contribution in [2.45, 2.75) is 26.8 Å². The monoisotopic (exact) mass is 254 g/mol. The van der Waals surface area contributed by atoms with E-state index in [-0.39, 0.29) is 0 Å². The molecule has 0 aliphatic carbocycles. The molecular formula is C15H18N4. The highest BCUT2D eigenvalue weighted by molar-refractivity contribution is 5.62. The molecule has 0 fully saturated rings. The lowest BCUT2D eigenvalue weighted by molar-refractivity contribution is 0.746. The SMILES string of the molecule is CCc1nn(C)cc1CNc1c(C)cccc1C#N. The molecule has 0 unspecified atom stereocenters. The van der Waals surface area contributed by atoms with Crippen molar-refractivity contribution in [1.29, 1.82) is 5.26 Å². The molecule has 98 valence electrons. The van der Waals surface area contributed by atoms with Gasteiger partial charge in [0.2, 0.25) is 0 Å². The molecule has 4 nitrogen and oxygen atoms in total. The average Bonchev–Trinajstić information content (AvgIpc) is 2.77. The maximum absolute atomic E-state index is 9.14. The van der Waals surface area contributed by atoms with E-state index in [4.69, 9.17) is 5.26 Å². The summed E-state index contributed by atoms with van der Waals surface area (Å²) < 4.78 is 1.83. The Balaban J connectivity index is 2.21. The Bertz CT molecular complexity index is 620. The van der Waals surface area contributed by atoms with Crippen LogP contribution in [0.2, 0.25) is 0 Å². The maximum Gasteiger partial charge on any atom is 0.101 e. The van der Waals surface area contributed by atoms with E-state index in [0.717, 1.165) is 23.4 Å². The second-order valence-corrected chi connectivity index (χ2v) is 4.59. The number of rotatable bonds is 4. The van der Waals surface area contributed by atoms with E-state index in [9.17, 15) is 0 Å². The van der Waals surface area contributed by atoms with E-state index in [1.54, 1.807) is 0 Å². The third kappa shape index (κ3) is 2.76. The summed E-state index contributed by atoms with van der Waals surface area (Å²) in [5.41, 5.74) is 4.96. The van der Waals surface area contributed by atoms with Gasteiger partial charge in [-0.1, -0.05) is 19.1 Å². The van der Waals surface area contributed by atoms with Gasteiger partial charge in [-0.2, -0.15) is 10.4 Å². The van der Waals surface area contributed by atoms with Crippen LogP contribution in [0.3, 0.4) is 0 Å². The Morgan fingerprint density at radius 1 is 1.42 bits per heavy atom. The minimum absolute atomic E-state index is 0.682. The number of nitrogens with one attached hydrogen (secondary N) is 1. The van der Waals surface area contributed by atoms with Crippen LogP contribution in [0.15, 0.2) is 24.4 Å². The smallest absolute Gasteiger partial charge is 0.101 e. The molecule has 0 saturated heterocycles. The van der Waals surface area contributed by atoms with Crippen LogP contribution in [0, 0.1) is 18.3 Å². The number of nitrogens with zero attached hydrogens (tertiary/aromatic N) is 3. The van der Waals surface area contributed by atoms with E-state index in [1.807, 2.05) is 43.0 Å². The van der Waals surface area contributed by atoms with Crippen LogP contribution in [-0.4, -0.2) is 9.78 Å². The summed E-state index contributed by atoms with van der Waals surface area (Å²) in [5, 5.41) is 16.9. The van der Waals surface area contributed by atoms with Crippen molar-refractivity contribution in [1.82, 2.24) is 9.78 Å². The molecule has 19 heavy (non-hydrogen) atoms. The minimum atomic E-state index is 0.682. The Morgan fingerprint density at radius 2 is 2.21 bits per heavy atom. The fraction of sp³-hybridized carbons (Fsp3) is 0.333. The predicted octanol–water partition coefficient (Wildman–Crippen LogP) is 2.77. The lowest BCUT2D eigenvalue weighted by atomic mass is 10.1. The van der Waals surface area contributed by atoms with E-state index in [1.165, 1.54) is 5.56 Å². The molecule has 0 saturated carbocycles. The van der Waals surface area contributed by atoms with Crippen LogP contribution in [0.25, 0.3) is 0 Å². The molecular weight excluding hydrogens is 236 g/mol. The lowest BCUT2D eigenvalue weighted by Gasteiger charge is -2.10. The summed E-state index contributed by atoms with van der Waals surface area (Å²) in [6.07, 6.45) is 2.94. The lowest BCUT2D eigenvalue weighted by Crippen LogP contribution is -2.04. The molecule has 1 aromatic carbocycles. The van der Waals surface area contributed by atoms with Gasteiger partial charge in [-0.05, 0) is 25.0 Å². The second-order valence-electron chi connectivity index (χ2n) is 4.59. The zero-order chi connectivity index (χ0) is 13.8. The van der Waals surface area contributed by atoms with Crippen LogP contribution >= 0.6 is 0 Å². The quantitative estimate of drug-likeness (QED) is 0.912. The molecule has 2 aromatic rings. The standard InChI is InChI=1S/C15H18N4/c1-4-14-13(10-19(3)18-14)9-17-15-11(2)6-5-7-12(15)8-16/h5-7,10,17H,4,9H2,1-3H3. The van der Waals surface area contributed by atoms with Crippen LogP contribution in [0.5, 0.6) is 0 Å². The third-order valence-corrected chi connectivity index (χ3v) is 3.18. The highest BCUT2D eigenvalue weighted by Crippen LogP contribution is 2.21. The number of aromatic nitrogens is 2. The molecule has 1 heterocycles. The summed E-state index contributed by atoms with van der Waals surface area (Å²) in [4.78, 5) is 0. The van der Waals surface area contributed by atoms with E-state index < -0.39 is 0 Å². The van der Waals surface area contributed by atoms with Crippen molar-refractivity contribution in [3.8, 4) is 6.07 Å². The Morgan fingerprint density at radius 3 is 2.89 bits per heavy atom. The molecule has 0 spiro atoms. The Kier molecular flexibility index (Phi) is 3.86. The molecule has 0 aliphatic heterocycles. The second kappa shape index (κ2) is 5.57. The van der Waals surface area contributed by atoms with Gasteiger partial charge in [-0.25, -0.2) is 0 Å². The first-order chi connectivity index (χ1) is 9.15. The van der Waals surface area contributed by atoms with Crippen LogP contribution in [-0.2, 0) is 20.0 Å². The van der Waals surface area contributed by atoms with Crippen molar-refractivity contribution in [2.75, 3.05) is 5.32 Å². The molecule has 4 heteroatoms. The summed E-state index contributed by atoms with van der Waals surface area (Å²) in [6.45, 7) is 4.80. The predicted molar refractivity (Wildman–Crippen MR) is 75.8 cm³/mol. The van der Waals surface area contributed by atoms with Gasteiger partial charge in [0, 0.05) is 25.4 Å². The normalized spacial score (nSPS) is 10.2. The Labute approximate surface area is 113 Å². The van der Waals surface area contributed by atoms with Crippen molar-refractivity contribution < 1.29 is 0 Å². The van der Waals surface area contributed by atoms with Crippen molar-refractivity contribution in [2.24, 2.45) is 7.05 Å². The summed E-state index contributed by atoms with van der Waals surface area (Å²) >= 11 is 0. The maximum atomic E-state index is 9.14. The van der Waals surface area contributed by atoms with Gasteiger partial charge in [0.15, 0.2) is 0 Å². The molecule has 1 aromatic heterocycles. The van der Waals surface area contributed by atoms with Crippen molar-refractivity contribution in [3.63, 3.8) is 0 Å². The first-order valence-electron chi connectivity index (χ1n) is 6.40. The van der Waals surface area contributed by atoms with Gasteiger partial charge in [-0.3, -0.25) is 4.68 Å². The topological polar surface area (TPSA) is 53.6 Å². The fourth-order valence-electron chi connectivity index (χ4n) is 2.21. The zero-order valence-electron chi connectivity index (χ0n) is 11.6. The first kappa shape index (κ1) is 13.2. The van der Waals surface area contributed by atoms with Gasteiger partial charge < -0.3 is 5.32 Å². The zero-order valence-corrected chi connectivity index (χ0v) is 11.6. The highest BCUT2D eigenvalue weighted by atomic mass is 15.3. The third-order valence-electron chi connectivity index (χ3n) is 3.18. The summed E-state index contributed by atoms with van der Waals surface area (Å²) in [6, 6.07) is 7.97. The van der Waals surface area contributed by atoms with E-state index >= 15 is 0 Å². The van der Waals surface area contributed by atoms with Gasteiger partial charge >= 0.3 is 0 Å². The molecule has 0 atom stereocenters. The number of hydrogen-bond donors (Lipinski definition) is 1. The van der Waals surface area contributed by atoms with Crippen LogP contribution in [0.4, 0.5) is 5.69 Å². The summed E-state index contributed by atoms with van der Waals surface area (Å²) in [7, 11) is 1.93. The molecule has 1 N–H and O–H groups in total. The number of anilines is 1. The van der Waals surface area contributed by atoms with E-state index in [0.29, 0.717) is 12.1 Å². The van der Waals surface area contributed by atoms with Gasteiger partial charge in [0.05, 0.1) is 16.9 Å². The van der Waals surface area contributed by atoms with Crippen molar-refractivity contribution in [3.05, 3.63) is 46.8 Å². The average molecular weight is 254 g/mol. The Hall–Kier alpha value is -2.28. The number of para-hydroxylation sites is 1. The molecule has 0 aliphatic rings. The number of hydrogen-bond acceptors (Lipinski definition) is 3. The first-order valence-corrected chi connectivity index (χ1v) is 6.40. The van der Waals surface area contributed by atoms with Gasteiger partial charge in [0.25, 0.3) is 0 Å². The summed E-state index contributed by atoms with van der Waals surface area (Å²) in [5.74, 6) is 0.